The van der Waals surface area contributed by atoms with E-state index in [1.165, 1.54) is 0 Å². The third kappa shape index (κ3) is 3.67. The second kappa shape index (κ2) is 6.99. The minimum absolute atomic E-state index is 0.174. The first-order valence-corrected chi connectivity index (χ1v) is 6.87. The summed E-state index contributed by atoms with van der Waals surface area (Å²) in [6.45, 7) is 0.528. The van der Waals surface area contributed by atoms with E-state index >= 15 is 0 Å². The minimum atomic E-state index is 0.174. The van der Waals surface area contributed by atoms with Gasteiger partial charge in [0.1, 0.15) is 17.2 Å². The minimum Gasteiger partial charge on any atom is -0.508 e. The lowest BCUT2D eigenvalue weighted by Gasteiger charge is -2.18. The fraction of sp³-hybridized carbons (Fsp3) is 0.294. The van der Waals surface area contributed by atoms with Crippen LogP contribution in [0.2, 0.25) is 0 Å². The molecule has 112 valence electrons. The summed E-state index contributed by atoms with van der Waals surface area (Å²) in [5.74, 6) is 2.00. The predicted octanol–water partition coefficient (Wildman–Crippen LogP) is 2.69. The van der Waals surface area contributed by atoms with Gasteiger partial charge in [-0.15, -0.1) is 0 Å². The first-order chi connectivity index (χ1) is 10.2. The Morgan fingerprint density at radius 3 is 2.33 bits per heavy atom. The smallest absolute Gasteiger partial charge is 0.125 e. The zero-order valence-corrected chi connectivity index (χ0v) is 12.4. The summed E-state index contributed by atoms with van der Waals surface area (Å²) >= 11 is 0. The van der Waals surface area contributed by atoms with E-state index in [1.54, 1.807) is 26.4 Å². The Kier molecular flexibility index (Phi) is 5.06. The molecule has 3 N–H and O–H groups in total. The number of phenols is 1. The van der Waals surface area contributed by atoms with Crippen molar-refractivity contribution in [2.24, 2.45) is 5.73 Å². The van der Waals surface area contributed by atoms with Crippen LogP contribution in [-0.4, -0.2) is 25.9 Å². The molecule has 0 radical (unpaired) electrons. The number of nitrogens with two attached hydrogens (primary N) is 1. The molecule has 0 aliphatic heterocycles. The van der Waals surface area contributed by atoms with E-state index in [0.717, 1.165) is 29.0 Å². The highest BCUT2D eigenvalue weighted by Crippen LogP contribution is 2.30. The highest BCUT2D eigenvalue weighted by Gasteiger charge is 2.14. The van der Waals surface area contributed by atoms with Gasteiger partial charge in [-0.1, -0.05) is 18.2 Å². The standard InChI is InChI=1S/C17H21NO3/c1-20-16-8-5-13(17(10-16)21-2)9-14(11-18)12-3-6-15(19)7-4-12/h3-8,10,14,19H,9,11,18H2,1-2H3. The van der Waals surface area contributed by atoms with Crippen molar-refractivity contribution >= 4 is 0 Å². The van der Waals surface area contributed by atoms with Crippen molar-refractivity contribution in [1.29, 1.82) is 0 Å². The second-order valence-corrected chi connectivity index (χ2v) is 4.91. The maximum atomic E-state index is 9.38. The van der Waals surface area contributed by atoms with E-state index in [1.807, 2.05) is 30.3 Å². The van der Waals surface area contributed by atoms with Gasteiger partial charge in [0.2, 0.25) is 0 Å². The van der Waals surface area contributed by atoms with E-state index in [-0.39, 0.29) is 11.7 Å². The number of rotatable bonds is 6. The van der Waals surface area contributed by atoms with Crippen LogP contribution < -0.4 is 15.2 Å². The molecule has 21 heavy (non-hydrogen) atoms. The molecule has 0 spiro atoms. The molecule has 0 aliphatic carbocycles. The van der Waals surface area contributed by atoms with E-state index in [2.05, 4.69) is 0 Å². The summed E-state index contributed by atoms with van der Waals surface area (Å²) in [7, 11) is 3.28. The normalized spacial score (nSPS) is 12.0. The van der Waals surface area contributed by atoms with Gasteiger partial charge in [0.15, 0.2) is 0 Å². The molecular weight excluding hydrogens is 266 g/mol. The monoisotopic (exact) mass is 287 g/mol. The zero-order valence-electron chi connectivity index (χ0n) is 12.4. The SMILES string of the molecule is COc1ccc(CC(CN)c2ccc(O)cc2)c(OC)c1. The van der Waals surface area contributed by atoms with Crippen LogP contribution in [0.15, 0.2) is 42.5 Å². The highest BCUT2D eigenvalue weighted by atomic mass is 16.5. The Hall–Kier alpha value is -2.20. The van der Waals surface area contributed by atoms with E-state index < -0.39 is 0 Å². The van der Waals surface area contributed by atoms with Crippen LogP contribution in [0.25, 0.3) is 0 Å². The summed E-state index contributed by atoms with van der Waals surface area (Å²) < 4.78 is 10.6. The first-order valence-electron chi connectivity index (χ1n) is 6.87. The van der Waals surface area contributed by atoms with E-state index in [4.69, 9.17) is 15.2 Å². The van der Waals surface area contributed by atoms with E-state index in [9.17, 15) is 5.11 Å². The van der Waals surface area contributed by atoms with Crippen LogP contribution in [0.1, 0.15) is 17.0 Å². The lowest BCUT2D eigenvalue weighted by atomic mass is 9.91. The Morgan fingerprint density at radius 2 is 1.76 bits per heavy atom. The number of ether oxygens (including phenoxy) is 2. The molecule has 0 aromatic heterocycles. The third-order valence-corrected chi connectivity index (χ3v) is 3.61. The fourth-order valence-corrected chi connectivity index (χ4v) is 2.37. The number of methoxy groups -OCH3 is 2. The molecule has 0 bridgehead atoms. The van der Waals surface area contributed by atoms with Crippen molar-refractivity contribution in [3.05, 3.63) is 53.6 Å². The Labute approximate surface area is 125 Å². The van der Waals surface area contributed by atoms with Crippen molar-refractivity contribution in [2.75, 3.05) is 20.8 Å². The van der Waals surface area contributed by atoms with Gasteiger partial charge in [-0.2, -0.15) is 0 Å². The maximum absolute atomic E-state index is 9.38. The molecule has 0 heterocycles. The molecule has 4 nitrogen and oxygen atoms in total. The Balaban J connectivity index is 2.24. The molecule has 2 aromatic rings. The lowest BCUT2D eigenvalue weighted by Crippen LogP contribution is -2.15. The molecule has 0 amide bonds. The number of benzene rings is 2. The highest BCUT2D eigenvalue weighted by molar-refractivity contribution is 5.42. The van der Waals surface area contributed by atoms with Crippen LogP contribution in [0.4, 0.5) is 0 Å². The average Bonchev–Trinajstić information content (AvgIpc) is 2.53. The molecule has 1 unspecified atom stereocenters. The predicted molar refractivity (Wildman–Crippen MR) is 83.2 cm³/mol. The summed E-state index contributed by atoms with van der Waals surface area (Å²) in [5.41, 5.74) is 8.10. The second-order valence-electron chi connectivity index (χ2n) is 4.91. The zero-order chi connectivity index (χ0) is 15.2. The fourth-order valence-electron chi connectivity index (χ4n) is 2.37. The van der Waals surface area contributed by atoms with Crippen LogP contribution in [0.5, 0.6) is 17.2 Å². The van der Waals surface area contributed by atoms with Crippen molar-refractivity contribution < 1.29 is 14.6 Å². The molecule has 0 fully saturated rings. The van der Waals surface area contributed by atoms with Gasteiger partial charge >= 0.3 is 0 Å². The van der Waals surface area contributed by atoms with E-state index in [0.29, 0.717) is 6.54 Å². The average molecular weight is 287 g/mol. The topological polar surface area (TPSA) is 64.7 Å². The van der Waals surface area contributed by atoms with Gasteiger partial charge in [-0.3, -0.25) is 0 Å². The first kappa shape index (κ1) is 15.2. The third-order valence-electron chi connectivity index (χ3n) is 3.61. The molecular formula is C17H21NO3. The van der Waals surface area contributed by atoms with Crippen LogP contribution in [0.3, 0.4) is 0 Å². The number of hydrogen-bond donors (Lipinski definition) is 2. The van der Waals surface area contributed by atoms with Crippen LogP contribution in [-0.2, 0) is 6.42 Å². The molecule has 1 atom stereocenters. The number of aromatic hydroxyl groups is 1. The van der Waals surface area contributed by atoms with Crippen LogP contribution >= 0.6 is 0 Å². The van der Waals surface area contributed by atoms with Gasteiger partial charge in [-0.25, -0.2) is 0 Å². The maximum Gasteiger partial charge on any atom is 0.125 e. The number of phenolic OH excluding ortho intramolecular Hbond substituents is 1. The summed E-state index contributed by atoms with van der Waals surface area (Å²) in [4.78, 5) is 0. The van der Waals surface area contributed by atoms with Crippen molar-refractivity contribution in [2.45, 2.75) is 12.3 Å². The van der Waals surface area contributed by atoms with Crippen molar-refractivity contribution in [1.82, 2.24) is 0 Å². The van der Waals surface area contributed by atoms with Gasteiger partial charge in [0.25, 0.3) is 0 Å². The summed E-state index contributed by atoms with van der Waals surface area (Å²) in [6.07, 6.45) is 0.772. The molecule has 0 aliphatic rings. The van der Waals surface area contributed by atoms with Crippen molar-refractivity contribution in [3.8, 4) is 17.2 Å². The summed E-state index contributed by atoms with van der Waals surface area (Å²) in [6, 6.07) is 13.0. The quantitative estimate of drug-likeness (QED) is 0.857. The summed E-state index contributed by atoms with van der Waals surface area (Å²) in [5, 5.41) is 9.38. The van der Waals surface area contributed by atoms with Gasteiger partial charge < -0.3 is 20.3 Å². The Bertz CT molecular complexity index is 581. The largest absolute Gasteiger partial charge is 0.508 e. The molecule has 0 saturated carbocycles. The van der Waals surface area contributed by atoms with Crippen LogP contribution in [0, 0.1) is 0 Å². The molecule has 4 heteroatoms. The molecule has 2 aromatic carbocycles. The lowest BCUT2D eigenvalue weighted by molar-refractivity contribution is 0.390. The van der Waals surface area contributed by atoms with Gasteiger partial charge in [0.05, 0.1) is 14.2 Å². The number of hydrogen-bond acceptors (Lipinski definition) is 4. The van der Waals surface area contributed by atoms with Crippen molar-refractivity contribution in [3.63, 3.8) is 0 Å². The Morgan fingerprint density at radius 1 is 1.05 bits per heavy atom. The van der Waals surface area contributed by atoms with Gasteiger partial charge in [0, 0.05) is 12.0 Å². The molecule has 2 rings (SSSR count). The molecule has 0 saturated heterocycles. The van der Waals surface area contributed by atoms with Gasteiger partial charge in [-0.05, 0) is 42.3 Å².